The van der Waals surface area contributed by atoms with E-state index in [0.29, 0.717) is 10.0 Å². The molecule has 4 heteroatoms. The quantitative estimate of drug-likeness (QED) is 0.411. The Labute approximate surface area is 106 Å². The summed E-state index contributed by atoms with van der Waals surface area (Å²) in [5.74, 6) is 0. The van der Waals surface area contributed by atoms with Gasteiger partial charge in [0.15, 0.2) is 0 Å². The highest BCUT2D eigenvalue weighted by Crippen LogP contribution is 2.32. The maximum atomic E-state index is 6.11. The molecule has 0 unspecified atom stereocenters. The van der Waals surface area contributed by atoms with Crippen LogP contribution in [0, 0.1) is 0 Å². The molecule has 0 N–H and O–H groups in total. The predicted octanol–water partition coefficient (Wildman–Crippen LogP) is 5.04. The Morgan fingerprint density at radius 2 is 1.31 bits per heavy atom. The number of hydrogen-bond donors (Lipinski definition) is 0. The molecule has 78 valence electrons. The molecule has 0 aliphatic rings. The lowest BCUT2D eigenvalue weighted by Crippen LogP contribution is -1.81. The van der Waals surface area contributed by atoms with Gasteiger partial charge < -0.3 is 0 Å². The third-order valence-corrected chi connectivity index (χ3v) is 4.05. The number of benzene rings is 2. The van der Waals surface area contributed by atoms with Crippen LogP contribution in [-0.4, -0.2) is 4.98 Å². The highest BCUT2D eigenvalue weighted by Gasteiger charge is 2.15. The highest BCUT2D eigenvalue weighted by molar-refractivity contribution is 7.24. The fraction of sp³-hybridized carbons (Fsp3) is 0. The van der Waals surface area contributed by atoms with E-state index in [1.165, 1.54) is 0 Å². The molecule has 16 heavy (non-hydrogen) atoms. The monoisotopic (exact) mass is 266 g/mol. The van der Waals surface area contributed by atoms with Gasteiger partial charge in [-0.15, -0.1) is 0 Å². The van der Waals surface area contributed by atoms with Crippen LogP contribution in [-0.2, 0) is 0 Å². The summed E-state index contributed by atoms with van der Waals surface area (Å²) in [6.45, 7) is 0. The van der Waals surface area contributed by atoms with Crippen LogP contribution in [0.2, 0.25) is 10.0 Å². The van der Waals surface area contributed by atoms with Crippen LogP contribution in [0.4, 0.5) is 0 Å². The second-order valence-electron chi connectivity index (χ2n) is 3.39. The lowest BCUT2D eigenvalue weighted by Gasteiger charge is -1.95. The summed E-state index contributed by atoms with van der Waals surface area (Å²) in [7, 11) is 0. The van der Waals surface area contributed by atoms with Gasteiger partial charge in [0.2, 0.25) is 11.3 Å². The van der Waals surface area contributed by atoms with E-state index in [-0.39, 0.29) is 0 Å². The number of hydrogen-bond acceptors (Lipinski definition) is 1. The lowest BCUT2D eigenvalue weighted by atomic mass is 10.3. The molecular weight excluding hydrogens is 261 g/mol. The molecule has 1 heterocycles. The van der Waals surface area contributed by atoms with E-state index < -0.39 is 0 Å². The summed E-state index contributed by atoms with van der Waals surface area (Å²) >= 11 is 13.9. The van der Waals surface area contributed by atoms with Crippen LogP contribution in [0.15, 0.2) is 36.4 Å². The van der Waals surface area contributed by atoms with Crippen LogP contribution >= 0.6 is 34.5 Å². The van der Waals surface area contributed by atoms with E-state index in [1.54, 1.807) is 11.3 Å². The summed E-state index contributed by atoms with van der Waals surface area (Å²) in [4.78, 5) is 4.52. The van der Waals surface area contributed by atoms with Gasteiger partial charge in [0.1, 0.15) is 11.0 Å². The molecule has 0 fully saturated rings. The summed E-state index contributed by atoms with van der Waals surface area (Å²) in [5.41, 5.74) is 1.63. The average Bonchev–Trinajstić information content (AvgIpc) is 2.28. The predicted molar refractivity (Wildman–Crippen MR) is 71.6 cm³/mol. The van der Waals surface area contributed by atoms with Crippen molar-refractivity contribution in [2.75, 3.05) is 0 Å². The standard InChI is InChI=1S/C12H6Cl2NS/c13-7-3-1-5-9-11(7)15-12-8(14)4-2-6-10(12)16-9/h1-6H/q+1. The van der Waals surface area contributed by atoms with Crippen LogP contribution in [0.25, 0.3) is 20.4 Å². The zero-order valence-corrected chi connectivity index (χ0v) is 10.4. The van der Waals surface area contributed by atoms with Crippen molar-refractivity contribution in [3.63, 3.8) is 0 Å². The molecule has 0 radical (unpaired) electrons. The Bertz CT molecular complexity index is 640. The molecule has 0 bridgehead atoms. The van der Waals surface area contributed by atoms with E-state index in [0.717, 1.165) is 20.4 Å². The number of para-hydroxylation sites is 2. The summed E-state index contributed by atoms with van der Waals surface area (Å²) in [5, 5.41) is 1.33. The summed E-state index contributed by atoms with van der Waals surface area (Å²) in [6.07, 6.45) is 0. The van der Waals surface area contributed by atoms with Crippen molar-refractivity contribution in [3.05, 3.63) is 46.4 Å². The topological polar surface area (TPSA) is 12.9 Å². The average molecular weight is 267 g/mol. The van der Waals surface area contributed by atoms with Crippen LogP contribution in [0.1, 0.15) is 0 Å². The molecule has 1 nitrogen and oxygen atoms in total. The van der Waals surface area contributed by atoms with Gasteiger partial charge >= 0.3 is 0 Å². The van der Waals surface area contributed by atoms with E-state index in [9.17, 15) is 0 Å². The first-order valence-electron chi connectivity index (χ1n) is 4.72. The van der Waals surface area contributed by atoms with Gasteiger partial charge in [-0.2, -0.15) is 0 Å². The van der Waals surface area contributed by atoms with Crippen molar-refractivity contribution in [1.82, 2.24) is 4.98 Å². The minimum atomic E-state index is 0.663. The van der Waals surface area contributed by atoms with E-state index in [4.69, 9.17) is 23.2 Å². The fourth-order valence-corrected chi connectivity index (χ4v) is 3.18. The fourth-order valence-electron chi connectivity index (χ4n) is 1.60. The van der Waals surface area contributed by atoms with Crippen molar-refractivity contribution in [1.29, 1.82) is 0 Å². The molecule has 0 spiro atoms. The van der Waals surface area contributed by atoms with Gasteiger partial charge in [0.25, 0.3) is 9.40 Å². The van der Waals surface area contributed by atoms with E-state index >= 15 is 0 Å². The largest absolute Gasteiger partial charge is 0.258 e. The smallest absolute Gasteiger partial charge is 0.234 e. The molecule has 0 saturated heterocycles. The minimum absolute atomic E-state index is 0.663. The molecular formula is C12H6Cl2NS+. The number of halogens is 2. The molecule has 3 rings (SSSR count). The van der Waals surface area contributed by atoms with Crippen molar-refractivity contribution in [3.8, 4) is 0 Å². The molecule has 1 aromatic heterocycles. The first-order valence-corrected chi connectivity index (χ1v) is 6.29. The van der Waals surface area contributed by atoms with Gasteiger partial charge in [0.05, 0.1) is 10.0 Å². The Hall–Kier alpha value is -0.960. The SMILES string of the molecule is Clc1cccc2[s+]c3cccc(Cl)c3nc12. The highest BCUT2D eigenvalue weighted by atomic mass is 35.5. The number of fused-ring (bicyclic) bond motifs is 2. The molecule has 2 aromatic carbocycles. The van der Waals surface area contributed by atoms with Crippen molar-refractivity contribution < 1.29 is 0 Å². The normalized spacial score (nSPS) is 11.1. The van der Waals surface area contributed by atoms with Crippen molar-refractivity contribution >= 4 is 55.0 Å². The maximum Gasteiger partial charge on any atom is 0.258 e. The van der Waals surface area contributed by atoms with Gasteiger partial charge in [0, 0.05) is 12.1 Å². The van der Waals surface area contributed by atoms with Gasteiger partial charge in [-0.05, 0) is 12.1 Å². The van der Waals surface area contributed by atoms with Crippen molar-refractivity contribution in [2.24, 2.45) is 0 Å². The van der Waals surface area contributed by atoms with E-state index in [2.05, 4.69) is 4.98 Å². The third kappa shape index (κ3) is 1.54. The number of nitrogens with zero attached hydrogens (tertiary/aromatic N) is 1. The lowest BCUT2D eigenvalue weighted by molar-refractivity contribution is 1.52. The van der Waals surface area contributed by atoms with Crippen molar-refractivity contribution in [2.45, 2.75) is 0 Å². The second kappa shape index (κ2) is 3.81. The Kier molecular flexibility index (Phi) is 2.43. The van der Waals surface area contributed by atoms with Crippen LogP contribution < -0.4 is 0 Å². The van der Waals surface area contributed by atoms with Gasteiger partial charge in [-0.25, -0.2) is 4.98 Å². The summed E-state index contributed by atoms with van der Waals surface area (Å²) < 4.78 is 2.14. The van der Waals surface area contributed by atoms with Crippen LogP contribution in [0.5, 0.6) is 0 Å². The zero-order chi connectivity index (χ0) is 11.1. The van der Waals surface area contributed by atoms with Gasteiger partial charge in [-0.1, -0.05) is 35.3 Å². The number of aromatic nitrogens is 1. The molecule has 0 saturated carbocycles. The van der Waals surface area contributed by atoms with Crippen LogP contribution in [0.3, 0.4) is 0 Å². The zero-order valence-electron chi connectivity index (χ0n) is 8.08. The Balaban J connectivity index is 2.55. The van der Waals surface area contributed by atoms with Gasteiger partial charge in [-0.3, -0.25) is 0 Å². The van der Waals surface area contributed by atoms with E-state index in [1.807, 2.05) is 36.4 Å². The molecule has 0 aliphatic carbocycles. The summed E-state index contributed by atoms with van der Waals surface area (Å²) in [6, 6.07) is 11.6. The maximum absolute atomic E-state index is 6.11. The Morgan fingerprint density at radius 3 is 1.81 bits per heavy atom. The molecule has 0 amide bonds. The number of rotatable bonds is 0. The molecule has 3 aromatic rings. The Morgan fingerprint density at radius 1 is 0.812 bits per heavy atom. The first-order chi connectivity index (χ1) is 7.75. The molecule has 0 aliphatic heterocycles. The first kappa shape index (κ1) is 10.2. The second-order valence-corrected chi connectivity index (χ2v) is 5.29. The third-order valence-electron chi connectivity index (χ3n) is 2.34. The molecule has 0 atom stereocenters. The minimum Gasteiger partial charge on any atom is -0.234 e.